The molecule has 2 N–H and O–H groups in total. The van der Waals surface area contributed by atoms with Crippen molar-refractivity contribution in [2.45, 2.75) is 44.7 Å². The van der Waals surface area contributed by atoms with Crippen molar-refractivity contribution in [2.24, 2.45) is 5.92 Å². The van der Waals surface area contributed by atoms with E-state index in [4.69, 9.17) is 11.6 Å². The molecule has 3 aromatic rings. The Morgan fingerprint density at radius 3 is 2.77 bits per heavy atom. The zero-order chi connectivity index (χ0) is 24.7. The number of aryl methyl sites for hydroxylation is 1. The van der Waals surface area contributed by atoms with Gasteiger partial charge in [-0.15, -0.1) is 0 Å². The molecule has 1 aliphatic carbocycles. The van der Waals surface area contributed by atoms with E-state index in [9.17, 15) is 18.4 Å². The number of hydrogen-bond acceptors (Lipinski definition) is 5. The fraction of sp³-hybridized carbons (Fsp3) is 0.375. The van der Waals surface area contributed by atoms with Gasteiger partial charge in [0.05, 0.1) is 35.3 Å². The van der Waals surface area contributed by atoms with Gasteiger partial charge in [0.25, 0.3) is 5.91 Å². The molecule has 3 aromatic heterocycles. The number of halogens is 3. The molecule has 5 rings (SSSR count). The molecule has 182 valence electrons. The first kappa shape index (κ1) is 23.3. The molecular weight excluding hydrogens is 478 g/mol. The van der Waals surface area contributed by atoms with Crippen molar-refractivity contribution in [3.8, 4) is 11.3 Å². The van der Waals surface area contributed by atoms with Gasteiger partial charge in [0.1, 0.15) is 11.5 Å². The number of carbonyl (C=O) groups excluding carboxylic acids is 2. The van der Waals surface area contributed by atoms with Crippen LogP contribution in [0.5, 0.6) is 0 Å². The highest BCUT2D eigenvalue weighted by molar-refractivity contribution is 6.31. The quantitative estimate of drug-likeness (QED) is 0.554. The zero-order valence-electron chi connectivity index (χ0n) is 18.9. The topological polar surface area (TPSA) is 104 Å². The minimum Gasteiger partial charge on any atom is -0.350 e. The molecule has 2 amide bonds. The maximum atomic E-state index is 14.2. The molecule has 35 heavy (non-hydrogen) atoms. The lowest BCUT2D eigenvalue weighted by molar-refractivity contribution is -0.127. The molecule has 0 aromatic carbocycles. The molecular formula is C24H23ClF2N6O2. The predicted octanol–water partition coefficient (Wildman–Crippen LogP) is 3.81. The van der Waals surface area contributed by atoms with Crippen LogP contribution in [0.3, 0.4) is 0 Å². The molecule has 11 heteroatoms. The highest BCUT2D eigenvalue weighted by Crippen LogP contribution is 2.50. The van der Waals surface area contributed by atoms with Crippen LogP contribution in [0.4, 0.5) is 8.78 Å². The highest BCUT2D eigenvalue weighted by atomic mass is 35.5. The van der Waals surface area contributed by atoms with E-state index in [0.29, 0.717) is 36.5 Å². The van der Waals surface area contributed by atoms with Crippen LogP contribution in [0.25, 0.3) is 11.3 Å². The van der Waals surface area contributed by atoms with Gasteiger partial charge < -0.3 is 10.2 Å². The van der Waals surface area contributed by atoms with Crippen molar-refractivity contribution < 1.29 is 18.4 Å². The number of likely N-dealkylation sites (tertiary alicyclic amines) is 1. The number of nitrogens with zero attached hydrogens (tertiary/aromatic N) is 4. The fourth-order valence-corrected chi connectivity index (χ4v) is 4.91. The minimum absolute atomic E-state index is 0.103. The first-order valence-electron chi connectivity index (χ1n) is 11.3. The monoisotopic (exact) mass is 500 g/mol. The van der Waals surface area contributed by atoms with Gasteiger partial charge in [-0.05, 0) is 50.8 Å². The van der Waals surface area contributed by atoms with Crippen LogP contribution in [0.2, 0.25) is 5.02 Å². The van der Waals surface area contributed by atoms with E-state index in [1.165, 1.54) is 0 Å². The summed E-state index contributed by atoms with van der Waals surface area (Å²) in [6.45, 7) is 2.28. The molecule has 1 unspecified atom stereocenters. The lowest BCUT2D eigenvalue weighted by atomic mass is 9.88. The Labute approximate surface area is 205 Å². The number of amides is 2. The number of pyridine rings is 2. The van der Waals surface area contributed by atoms with Crippen LogP contribution in [0.15, 0.2) is 30.6 Å². The van der Waals surface area contributed by atoms with Gasteiger partial charge in [-0.3, -0.25) is 24.7 Å². The summed E-state index contributed by atoms with van der Waals surface area (Å²) >= 11 is 5.99. The number of nitrogens with one attached hydrogen (secondary N) is 2. The Balaban J connectivity index is 1.24. The van der Waals surface area contributed by atoms with Gasteiger partial charge in [-0.2, -0.15) is 5.10 Å². The molecule has 1 saturated carbocycles. The smallest absolute Gasteiger partial charge is 0.272 e. The molecule has 1 atom stereocenters. The highest BCUT2D eigenvalue weighted by Gasteiger charge is 2.54. The van der Waals surface area contributed by atoms with Gasteiger partial charge in [0, 0.05) is 29.3 Å². The Morgan fingerprint density at radius 2 is 2.03 bits per heavy atom. The summed E-state index contributed by atoms with van der Waals surface area (Å²) in [5.41, 5.74) is 1.56. The summed E-state index contributed by atoms with van der Waals surface area (Å²) in [5, 5.41) is 9.87. The Hall–Kier alpha value is -3.40. The molecule has 1 aliphatic heterocycles. The molecule has 0 radical (unpaired) electrons. The molecule has 0 bridgehead atoms. The number of H-pyrrole nitrogens is 1. The van der Waals surface area contributed by atoms with Gasteiger partial charge in [-0.25, -0.2) is 8.78 Å². The second-order valence-corrected chi connectivity index (χ2v) is 9.55. The van der Waals surface area contributed by atoms with Crippen LogP contribution in [-0.2, 0) is 11.3 Å². The number of carbonyl (C=O) groups is 2. The van der Waals surface area contributed by atoms with Crippen molar-refractivity contribution in [3.05, 3.63) is 64.3 Å². The summed E-state index contributed by atoms with van der Waals surface area (Å²) in [6.07, 6.45) is 4.87. The predicted molar refractivity (Wildman–Crippen MR) is 123 cm³/mol. The van der Waals surface area contributed by atoms with Crippen molar-refractivity contribution >= 4 is 23.4 Å². The third kappa shape index (κ3) is 4.62. The molecule has 2 fully saturated rings. The summed E-state index contributed by atoms with van der Waals surface area (Å²) in [7, 11) is 0. The first-order chi connectivity index (χ1) is 16.8. The number of rotatable bonds is 5. The van der Waals surface area contributed by atoms with E-state index < -0.39 is 11.6 Å². The summed E-state index contributed by atoms with van der Waals surface area (Å²) in [5.74, 6) is -1.66. The average Bonchev–Trinajstić information content (AvgIpc) is 3.40. The average molecular weight is 501 g/mol. The SMILES string of the molecule is Cc1cc(-c2cc(C(=O)N3CCC(C(=O)NCc4ncc(F)cc4Cl)CC34CC4)[nH]n2)c(F)cn1. The summed E-state index contributed by atoms with van der Waals surface area (Å²) in [6, 6.07) is 4.29. The second kappa shape index (κ2) is 8.99. The first-order valence-corrected chi connectivity index (χ1v) is 11.7. The third-order valence-electron chi connectivity index (χ3n) is 6.73. The molecule has 1 spiro atoms. The number of aromatic amines is 1. The van der Waals surface area contributed by atoms with E-state index in [-0.39, 0.29) is 46.1 Å². The minimum atomic E-state index is -0.539. The Kier molecular flexibility index (Phi) is 6.00. The Morgan fingerprint density at radius 1 is 1.23 bits per heavy atom. The van der Waals surface area contributed by atoms with Crippen LogP contribution >= 0.6 is 11.6 Å². The van der Waals surface area contributed by atoms with E-state index >= 15 is 0 Å². The standard InChI is InChI=1S/C24H23ClF2N6O2/c1-13-6-16(18(27)11-28-13)19-8-20(32-31-19)23(35)33-5-2-14(9-24(33)3-4-24)22(34)30-12-21-17(25)7-15(26)10-29-21/h6-8,10-11,14H,2-5,9,12H2,1H3,(H,30,34)(H,31,32). The summed E-state index contributed by atoms with van der Waals surface area (Å²) < 4.78 is 27.4. The maximum Gasteiger partial charge on any atom is 0.272 e. The Bertz CT molecular complexity index is 1310. The van der Waals surface area contributed by atoms with Gasteiger partial charge in [-0.1, -0.05) is 11.6 Å². The van der Waals surface area contributed by atoms with Crippen LogP contribution in [0, 0.1) is 24.5 Å². The lowest BCUT2D eigenvalue weighted by Gasteiger charge is -2.39. The van der Waals surface area contributed by atoms with Crippen molar-refractivity contribution in [1.29, 1.82) is 0 Å². The molecule has 1 saturated heterocycles. The number of aromatic nitrogens is 4. The maximum absolute atomic E-state index is 14.2. The zero-order valence-corrected chi connectivity index (χ0v) is 19.7. The summed E-state index contributed by atoms with van der Waals surface area (Å²) in [4.78, 5) is 35.8. The number of piperidine rings is 1. The van der Waals surface area contributed by atoms with E-state index in [1.807, 2.05) is 0 Å². The lowest BCUT2D eigenvalue weighted by Crippen LogP contribution is -2.50. The second-order valence-electron chi connectivity index (χ2n) is 9.14. The third-order valence-corrected chi connectivity index (χ3v) is 7.06. The van der Waals surface area contributed by atoms with E-state index in [0.717, 1.165) is 31.3 Å². The fourth-order valence-electron chi connectivity index (χ4n) is 4.69. The largest absolute Gasteiger partial charge is 0.350 e. The van der Waals surface area contributed by atoms with Gasteiger partial charge in [0.15, 0.2) is 5.82 Å². The molecule has 4 heterocycles. The van der Waals surface area contributed by atoms with E-state index in [2.05, 4.69) is 25.5 Å². The molecule has 8 nitrogen and oxygen atoms in total. The van der Waals surface area contributed by atoms with Crippen LogP contribution in [0.1, 0.15) is 47.6 Å². The van der Waals surface area contributed by atoms with Gasteiger partial charge >= 0.3 is 0 Å². The van der Waals surface area contributed by atoms with Crippen molar-refractivity contribution in [2.75, 3.05) is 6.54 Å². The van der Waals surface area contributed by atoms with E-state index in [1.54, 1.807) is 24.0 Å². The van der Waals surface area contributed by atoms with Crippen LogP contribution < -0.4 is 5.32 Å². The van der Waals surface area contributed by atoms with Gasteiger partial charge in [0.2, 0.25) is 5.91 Å². The normalized spacial score (nSPS) is 18.5. The van der Waals surface area contributed by atoms with Crippen LogP contribution in [-0.4, -0.2) is 49.0 Å². The van der Waals surface area contributed by atoms with Crippen molar-refractivity contribution in [3.63, 3.8) is 0 Å². The van der Waals surface area contributed by atoms with Crippen molar-refractivity contribution in [1.82, 2.24) is 30.4 Å². The molecule has 2 aliphatic rings. The number of hydrogen-bond donors (Lipinski definition) is 2.